The summed E-state index contributed by atoms with van der Waals surface area (Å²) in [5, 5.41) is 10.0. The lowest BCUT2D eigenvalue weighted by atomic mass is 9.67. The highest BCUT2D eigenvalue weighted by Crippen LogP contribution is 2.39. The first-order valence-electron chi connectivity index (χ1n) is 8.54. The van der Waals surface area contributed by atoms with E-state index in [0.29, 0.717) is 6.42 Å². The zero-order valence-electron chi connectivity index (χ0n) is 14.5. The highest BCUT2D eigenvalue weighted by atomic mass is 16.4. The van der Waals surface area contributed by atoms with Gasteiger partial charge in [0, 0.05) is 0 Å². The van der Waals surface area contributed by atoms with Crippen LogP contribution in [0.3, 0.4) is 0 Å². The van der Waals surface area contributed by atoms with Crippen molar-refractivity contribution in [2.75, 3.05) is 19.6 Å². The SMILES string of the molecule is CCC(C)C(CCCN(CC)CC)(C(=O)O)c1ccccc1. The van der Waals surface area contributed by atoms with Gasteiger partial charge in [-0.05, 0) is 44.0 Å². The summed E-state index contributed by atoms with van der Waals surface area (Å²) in [6.07, 6.45) is 2.47. The van der Waals surface area contributed by atoms with Crippen LogP contribution in [0.1, 0.15) is 52.5 Å². The largest absolute Gasteiger partial charge is 0.481 e. The zero-order chi connectivity index (χ0) is 16.6. The first-order valence-corrected chi connectivity index (χ1v) is 8.54. The predicted molar refractivity (Wildman–Crippen MR) is 92.2 cm³/mol. The third kappa shape index (κ3) is 4.10. The molecular formula is C19H31NO2. The van der Waals surface area contributed by atoms with Gasteiger partial charge in [0.1, 0.15) is 0 Å². The van der Waals surface area contributed by atoms with Crippen LogP contribution in [-0.2, 0) is 10.2 Å². The van der Waals surface area contributed by atoms with Crippen molar-refractivity contribution < 1.29 is 9.90 Å². The number of carboxylic acids is 1. The van der Waals surface area contributed by atoms with Crippen molar-refractivity contribution in [3.8, 4) is 0 Å². The lowest BCUT2D eigenvalue weighted by Gasteiger charge is -2.36. The Kier molecular flexibility index (Phi) is 7.60. The molecule has 0 saturated carbocycles. The van der Waals surface area contributed by atoms with E-state index in [-0.39, 0.29) is 5.92 Å². The molecule has 0 aromatic heterocycles. The van der Waals surface area contributed by atoms with E-state index in [9.17, 15) is 9.90 Å². The summed E-state index contributed by atoms with van der Waals surface area (Å²) >= 11 is 0. The molecule has 1 aromatic carbocycles. The van der Waals surface area contributed by atoms with Crippen LogP contribution in [0.2, 0.25) is 0 Å². The van der Waals surface area contributed by atoms with E-state index in [0.717, 1.165) is 38.0 Å². The van der Waals surface area contributed by atoms with Gasteiger partial charge < -0.3 is 10.0 Å². The number of hydrogen-bond acceptors (Lipinski definition) is 2. The molecule has 0 heterocycles. The van der Waals surface area contributed by atoms with Crippen LogP contribution in [-0.4, -0.2) is 35.6 Å². The molecule has 0 amide bonds. The van der Waals surface area contributed by atoms with Crippen molar-refractivity contribution >= 4 is 5.97 Å². The minimum absolute atomic E-state index is 0.115. The average molecular weight is 305 g/mol. The van der Waals surface area contributed by atoms with Gasteiger partial charge in [0.15, 0.2) is 0 Å². The Morgan fingerprint density at radius 2 is 1.77 bits per heavy atom. The molecule has 1 aromatic rings. The van der Waals surface area contributed by atoms with Crippen molar-refractivity contribution in [2.24, 2.45) is 5.92 Å². The molecule has 3 heteroatoms. The van der Waals surface area contributed by atoms with Crippen molar-refractivity contribution in [3.05, 3.63) is 35.9 Å². The zero-order valence-corrected chi connectivity index (χ0v) is 14.5. The maximum Gasteiger partial charge on any atom is 0.314 e. The number of carbonyl (C=O) groups is 1. The minimum atomic E-state index is -0.775. The van der Waals surface area contributed by atoms with Crippen molar-refractivity contribution in [1.29, 1.82) is 0 Å². The Balaban J connectivity index is 3.03. The molecule has 0 radical (unpaired) electrons. The Bertz CT molecular complexity index is 442. The normalized spacial score (nSPS) is 15.5. The highest BCUT2D eigenvalue weighted by molar-refractivity contribution is 5.81. The summed E-state index contributed by atoms with van der Waals surface area (Å²) in [5.41, 5.74) is 0.166. The molecule has 0 aliphatic heterocycles. The van der Waals surface area contributed by atoms with Gasteiger partial charge in [-0.2, -0.15) is 0 Å². The molecule has 0 spiro atoms. The van der Waals surface area contributed by atoms with Gasteiger partial charge in [0.05, 0.1) is 5.41 Å². The predicted octanol–water partition coefficient (Wildman–Crippen LogP) is 4.18. The van der Waals surface area contributed by atoms with Crippen molar-refractivity contribution in [2.45, 2.75) is 52.4 Å². The summed E-state index contributed by atoms with van der Waals surface area (Å²) in [4.78, 5) is 14.6. The second-order valence-electron chi connectivity index (χ2n) is 6.08. The smallest absolute Gasteiger partial charge is 0.314 e. The van der Waals surface area contributed by atoms with Gasteiger partial charge in [0.25, 0.3) is 0 Å². The molecule has 2 atom stereocenters. The van der Waals surface area contributed by atoms with Crippen LogP contribution in [0, 0.1) is 5.92 Å². The summed E-state index contributed by atoms with van der Waals surface area (Å²) in [7, 11) is 0. The van der Waals surface area contributed by atoms with Crippen LogP contribution in [0.4, 0.5) is 0 Å². The van der Waals surface area contributed by atoms with E-state index in [1.807, 2.05) is 30.3 Å². The first-order chi connectivity index (χ1) is 10.5. The van der Waals surface area contributed by atoms with Crippen LogP contribution in [0.25, 0.3) is 0 Å². The van der Waals surface area contributed by atoms with Gasteiger partial charge >= 0.3 is 5.97 Å². The second-order valence-corrected chi connectivity index (χ2v) is 6.08. The average Bonchev–Trinajstić information content (AvgIpc) is 2.55. The number of aliphatic carboxylic acids is 1. The number of carboxylic acid groups (broad SMARTS) is 1. The quantitative estimate of drug-likeness (QED) is 0.705. The van der Waals surface area contributed by atoms with Crippen LogP contribution < -0.4 is 0 Å². The lowest BCUT2D eigenvalue weighted by Crippen LogP contribution is -2.42. The number of nitrogens with zero attached hydrogens (tertiary/aromatic N) is 1. The topological polar surface area (TPSA) is 40.5 Å². The molecule has 3 nitrogen and oxygen atoms in total. The van der Waals surface area contributed by atoms with Gasteiger partial charge in [-0.1, -0.05) is 64.4 Å². The van der Waals surface area contributed by atoms with E-state index in [1.165, 1.54) is 0 Å². The van der Waals surface area contributed by atoms with Crippen LogP contribution >= 0.6 is 0 Å². The fraction of sp³-hybridized carbons (Fsp3) is 0.632. The highest BCUT2D eigenvalue weighted by Gasteiger charge is 2.43. The fourth-order valence-corrected chi connectivity index (χ4v) is 3.32. The number of hydrogen-bond donors (Lipinski definition) is 1. The first kappa shape index (κ1) is 18.7. The van der Waals surface area contributed by atoms with Crippen LogP contribution in [0.15, 0.2) is 30.3 Å². The molecule has 22 heavy (non-hydrogen) atoms. The maximum absolute atomic E-state index is 12.2. The molecule has 0 aliphatic carbocycles. The van der Waals surface area contributed by atoms with Gasteiger partial charge in [-0.25, -0.2) is 0 Å². The Morgan fingerprint density at radius 1 is 1.18 bits per heavy atom. The molecule has 0 saturated heterocycles. The van der Waals surface area contributed by atoms with Gasteiger partial charge in [0.2, 0.25) is 0 Å². The molecule has 124 valence electrons. The Hall–Kier alpha value is -1.35. The monoisotopic (exact) mass is 305 g/mol. The summed E-state index contributed by atoms with van der Waals surface area (Å²) in [5.74, 6) is -0.572. The molecule has 0 bridgehead atoms. The minimum Gasteiger partial charge on any atom is -0.481 e. The fourth-order valence-electron chi connectivity index (χ4n) is 3.32. The summed E-state index contributed by atoms with van der Waals surface area (Å²) in [6, 6.07) is 9.78. The third-order valence-corrected chi connectivity index (χ3v) is 5.06. The molecule has 1 rings (SSSR count). The van der Waals surface area contributed by atoms with Gasteiger partial charge in [-0.15, -0.1) is 0 Å². The van der Waals surface area contributed by atoms with Crippen molar-refractivity contribution in [3.63, 3.8) is 0 Å². The molecule has 2 unspecified atom stereocenters. The summed E-state index contributed by atoms with van der Waals surface area (Å²) in [6.45, 7) is 11.5. The number of benzene rings is 1. The molecule has 0 fully saturated rings. The second kappa shape index (κ2) is 8.94. The Labute approximate surface area is 135 Å². The summed E-state index contributed by atoms with van der Waals surface area (Å²) < 4.78 is 0. The van der Waals surface area contributed by atoms with E-state index in [1.54, 1.807) is 0 Å². The van der Waals surface area contributed by atoms with E-state index in [4.69, 9.17) is 0 Å². The molecular weight excluding hydrogens is 274 g/mol. The third-order valence-electron chi connectivity index (χ3n) is 5.06. The standard InChI is InChI=1S/C19H31NO2/c1-5-16(4)19(18(21)22,17-12-9-8-10-13-17)14-11-15-20(6-2)7-3/h8-10,12-13,16H,5-7,11,14-15H2,1-4H3,(H,21,22). The van der Waals surface area contributed by atoms with Gasteiger partial charge in [-0.3, -0.25) is 4.79 Å². The number of rotatable bonds is 10. The Morgan fingerprint density at radius 3 is 2.23 bits per heavy atom. The maximum atomic E-state index is 12.2. The van der Waals surface area contributed by atoms with E-state index in [2.05, 4.69) is 32.6 Å². The van der Waals surface area contributed by atoms with E-state index >= 15 is 0 Å². The molecule has 1 N–H and O–H groups in total. The van der Waals surface area contributed by atoms with E-state index < -0.39 is 11.4 Å². The van der Waals surface area contributed by atoms with Crippen molar-refractivity contribution in [1.82, 2.24) is 4.90 Å². The lowest BCUT2D eigenvalue weighted by molar-refractivity contribution is -0.146. The molecule has 0 aliphatic rings. The van der Waals surface area contributed by atoms with Crippen LogP contribution in [0.5, 0.6) is 0 Å².